The second-order valence-corrected chi connectivity index (χ2v) is 12.9. The van der Waals surface area contributed by atoms with E-state index in [-0.39, 0.29) is 28.8 Å². The molecule has 2 aromatic rings. The van der Waals surface area contributed by atoms with Crippen molar-refractivity contribution in [3.05, 3.63) is 40.7 Å². The van der Waals surface area contributed by atoms with E-state index in [1.807, 2.05) is 6.07 Å². The second kappa shape index (κ2) is 11.7. The zero-order valence-corrected chi connectivity index (χ0v) is 24.9. The van der Waals surface area contributed by atoms with Crippen molar-refractivity contribution in [3.8, 4) is 0 Å². The summed E-state index contributed by atoms with van der Waals surface area (Å²) in [4.78, 5) is 72.1. The minimum Gasteiger partial charge on any atom is -0.543 e. The van der Waals surface area contributed by atoms with Crippen LogP contribution in [-0.2, 0) is 35.4 Å². The second-order valence-electron chi connectivity index (χ2n) is 9.79. The number of nitrogens with zero attached hydrogens (tertiary/aromatic N) is 4. The van der Waals surface area contributed by atoms with Gasteiger partial charge in [0.15, 0.2) is 10.8 Å². The largest absolute Gasteiger partial charge is 0.543 e. The van der Waals surface area contributed by atoms with E-state index in [4.69, 9.17) is 10.6 Å². The van der Waals surface area contributed by atoms with E-state index in [1.165, 1.54) is 42.8 Å². The number of carbonyl (C=O) groups excluding carboxylic acids is 4. The number of amides is 3. The number of hydrogen-bond acceptors (Lipinski definition) is 14. The van der Waals surface area contributed by atoms with Gasteiger partial charge in [-0.25, -0.2) is 19.7 Å². The van der Waals surface area contributed by atoms with Gasteiger partial charge in [0.05, 0.1) is 17.9 Å². The average molecular weight is 649 g/mol. The van der Waals surface area contributed by atoms with Crippen molar-refractivity contribution in [1.29, 1.82) is 0 Å². The van der Waals surface area contributed by atoms with Crippen molar-refractivity contribution in [2.24, 2.45) is 5.16 Å². The molecule has 0 aromatic carbocycles. The first kappa shape index (κ1) is 30.1. The summed E-state index contributed by atoms with van der Waals surface area (Å²) in [6.45, 7) is 2.59. The van der Waals surface area contributed by atoms with E-state index < -0.39 is 52.0 Å². The number of carboxylic acid groups (broad SMARTS) is 2. The van der Waals surface area contributed by atoms with Crippen LogP contribution >= 0.6 is 34.9 Å². The van der Waals surface area contributed by atoms with Crippen molar-refractivity contribution in [2.75, 3.05) is 16.8 Å². The predicted molar refractivity (Wildman–Crippen MR) is 152 cm³/mol. The van der Waals surface area contributed by atoms with Crippen LogP contribution in [0.5, 0.6) is 0 Å². The SMILES string of the molecule is CC(C)(ON=C(C(=O)NC1C(=O)N2C(C(=O)[O-])=C(C[n+]3cccc4c3NC(NC=O)S4)CS[C@H]12)c1csc(N)n1)C(=O)O. The van der Waals surface area contributed by atoms with Crippen molar-refractivity contribution < 1.29 is 43.6 Å². The number of aromatic nitrogens is 2. The Hall–Kier alpha value is -4.36. The number of thioether (sulfide) groups is 2. The Morgan fingerprint density at radius 3 is 2.84 bits per heavy atom. The van der Waals surface area contributed by atoms with Crippen molar-refractivity contribution in [3.63, 3.8) is 0 Å². The van der Waals surface area contributed by atoms with Gasteiger partial charge in [0, 0.05) is 16.7 Å². The van der Waals surface area contributed by atoms with E-state index in [1.54, 1.807) is 16.8 Å². The maximum atomic E-state index is 13.3. The summed E-state index contributed by atoms with van der Waals surface area (Å²) in [5.41, 5.74) is 3.24. The molecule has 5 heterocycles. The predicted octanol–water partition coefficient (Wildman–Crippen LogP) is -1.75. The molecule has 16 nitrogen and oxygen atoms in total. The lowest BCUT2D eigenvalue weighted by Gasteiger charge is -2.50. The molecule has 3 aliphatic rings. The molecular formula is C24H24N8O8S3. The smallest absolute Gasteiger partial charge is 0.350 e. The molecule has 2 unspecified atom stereocenters. The molecule has 0 saturated carbocycles. The molecule has 1 saturated heterocycles. The number of rotatable bonds is 11. The number of β-lactam (4-membered cyclic amide) rings is 1. The highest BCUT2D eigenvalue weighted by Gasteiger charge is 2.53. The summed E-state index contributed by atoms with van der Waals surface area (Å²) in [5, 5.41) is 34.4. The highest BCUT2D eigenvalue weighted by molar-refractivity contribution is 8.00. The Balaban J connectivity index is 1.36. The fraction of sp³-hybridized carbons (Fsp3) is 0.333. The van der Waals surface area contributed by atoms with E-state index in [2.05, 4.69) is 26.1 Å². The van der Waals surface area contributed by atoms with Crippen LogP contribution in [0, 0.1) is 0 Å². The molecule has 6 N–H and O–H groups in total. The minimum atomic E-state index is -1.78. The first-order chi connectivity index (χ1) is 20.4. The molecule has 3 amide bonds. The Morgan fingerprint density at radius 1 is 1.42 bits per heavy atom. The molecule has 19 heteroatoms. The lowest BCUT2D eigenvalue weighted by Crippen LogP contribution is -2.71. The van der Waals surface area contributed by atoms with E-state index in [9.17, 15) is 34.2 Å². The summed E-state index contributed by atoms with van der Waals surface area (Å²) < 4.78 is 1.78. The third-order valence-electron chi connectivity index (χ3n) is 6.51. The van der Waals surface area contributed by atoms with Gasteiger partial charge in [-0.15, -0.1) is 23.1 Å². The Bertz CT molecular complexity index is 1590. The molecule has 3 aliphatic heterocycles. The van der Waals surface area contributed by atoms with Crippen LogP contribution in [0.2, 0.25) is 0 Å². The normalized spacial score (nSPS) is 21.3. The third-order valence-corrected chi connectivity index (χ3v) is 9.60. The maximum Gasteiger partial charge on any atom is 0.350 e. The zero-order chi connectivity index (χ0) is 31.1. The number of oxime groups is 1. The van der Waals surface area contributed by atoms with Crippen LogP contribution in [0.3, 0.4) is 0 Å². The van der Waals surface area contributed by atoms with Gasteiger partial charge in [-0.1, -0.05) is 5.16 Å². The Labute approximate surface area is 255 Å². The summed E-state index contributed by atoms with van der Waals surface area (Å²) in [5.74, 6) is -3.57. The molecule has 226 valence electrons. The number of carbonyl (C=O) groups is 5. The van der Waals surface area contributed by atoms with E-state index in [0.29, 0.717) is 17.8 Å². The molecule has 0 bridgehead atoms. The number of nitrogen functional groups attached to an aromatic ring is 1. The minimum absolute atomic E-state index is 0.00323. The summed E-state index contributed by atoms with van der Waals surface area (Å²) >= 11 is 3.65. The van der Waals surface area contributed by atoms with Crippen molar-refractivity contribution >= 4 is 81.7 Å². The summed E-state index contributed by atoms with van der Waals surface area (Å²) in [6.07, 6.45) is 2.32. The van der Waals surface area contributed by atoms with Crippen molar-refractivity contribution in [1.82, 2.24) is 20.5 Å². The lowest BCUT2D eigenvalue weighted by atomic mass is 10.0. The standard InChI is InChI=1S/C24H24N8O8S3/c1-24(2,21(38)39)40-30-13(11-8-42-22(25)27-11)17(34)28-14-18(35)32-15(20(36)37)10(7-41-19(14)32)6-31-5-3-4-12-16(31)29-23(43-12)26-9-33/h3-5,8-9,14,19,23H,6-7H2,1-2H3,(H6,25,26,27,28,33,34,36,37,38,39)/t14?,19-,23?/m1/s1. The molecule has 0 aliphatic carbocycles. The van der Waals surface area contributed by atoms with Gasteiger partial charge in [0.1, 0.15) is 28.5 Å². The van der Waals surface area contributed by atoms with Gasteiger partial charge >= 0.3 is 5.97 Å². The molecule has 43 heavy (non-hydrogen) atoms. The number of nitrogens with two attached hydrogens (primary N) is 1. The number of pyridine rings is 1. The third kappa shape index (κ3) is 5.82. The molecule has 5 rings (SSSR count). The first-order valence-electron chi connectivity index (χ1n) is 12.5. The molecule has 0 spiro atoms. The van der Waals surface area contributed by atoms with Gasteiger partial charge in [0.25, 0.3) is 17.6 Å². The van der Waals surface area contributed by atoms with Crippen LogP contribution in [-0.4, -0.2) is 79.1 Å². The topological polar surface area (TPSA) is 232 Å². The number of hydrogen-bond donors (Lipinski definition) is 5. The molecule has 1 fully saturated rings. The number of fused-ring (bicyclic) bond motifs is 2. The number of carboxylic acids is 2. The van der Waals surface area contributed by atoms with E-state index >= 15 is 0 Å². The highest BCUT2D eigenvalue weighted by atomic mass is 32.2. The zero-order valence-electron chi connectivity index (χ0n) is 22.4. The van der Waals surface area contributed by atoms with Crippen LogP contribution in [0.1, 0.15) is 19.5 Å². The van der Waals surface area contributed by atoms with E-state index in [0.717, 1.165) is 21.1 Å². The van der Waals surface area contributed by atoms with Crippen LogP contribution in [0.4, 0.5) is 10.9 Å². The van der Waals surface area contributed by atoms with Crippen LogP contribution in [0.25, 0.3) is 0 Å². The summed E-state index contributed by atoms with van der Waals surface area (Å²) in [7, 11) is 0. The van der Waals surface area contributed by atoms with Gasteiger partial charge < -0.3 is 36.2 Å². The molecule has 0 radical (unpaired) electrons. The van der Waals surface area contributed by atoms with Gasteiger partial charge in [-0.3, -0.25) is 19.3 Å². The highest BCUT2D eigenvalue weighted by Crippen LogP contribution is 2.41. The number of aliphatic carboxylic acids is 2. The van der Waals surface area contributed by atoms with Gasteiger partial charge in [-0.05, 0) is 37.7 Å². The Morgan fingerprint density at radius 2 is 2.19 bits per heavy atom. The molecule has 2 aromatic heterocycles. The molecular weight excluding hydrogens is 625 g/mol. The average Bonchev–Trinajstić information content (AvgIpc) is 3.57. The lowest BCUT2D eigenvalue weighted by molar-refractivity contribution is -0.676. The monoisotopic (exact) mass is 648 g/mol. The van der Waals surface area contributed by atoms with Crippen molar-refractivity contribution in [2.45, 2.75) is 47.8 Å². The summed E-state index contributed by atoms with van der Waals surface area (Å²) in [6, 6.07) is 2.52. The molecule has 3 atom stereocenters. The van der Waals surface area contributed by atoms with Crippen LogP contribution in [0.15, 0.2) is 45.0 Å². The quantitative estimate of drug-likeness (QED) is 0.0599. The first-order valence-corrected chi connectivity index (χ1v) is 15.3. The Kier molecular flexibility index (Phi) is 8.21. The fourth-order valence-electron chi connectivity index (χ4n) is 4.34. The van der Waals surface area contributed by atoms with Gasteiger partial charge in [-0.2, -0.15) is 0 Å². The van der Waals surface area contributed by atoms with Gasteiger partial charge in [0.2, 0.25) is 17.5 Å². The maximum absolute atomic E-state index is 13.3. The number of thiazole rings is 1. The fourth-order valence-corrected chi connectivity index (χ4v) is 7.21. The number of nitrogens with one attached hydrogen (secondary N) is 3. The van der Waals surface area contributed by atoms with Crippen LogP contribution < -0.4 is 31.4 Å². The number of anilines is 2.